The van der Waals surface area contributed by atoms with Crippen molar-refractivity contribution in [1.29, 1.82) is 0 Å². The molecule has 0 spiro atoms. The zero-order valence-electron chi connectivity index (χ0n) is 4.59. The first kappa shape index (κ1) is 5.90. The van der Waals surface area contributed by atoms with Crippen LogP contribution in [-0.4, -0.2) is 0 Å². The molecule has 0 amide bonds. The second-order valence-electron chi connectivity index (χ2n) is 1.45. The highest BCUT2D eigenvalue weighted by atomic mass is 16.6. The molecule has 0 radical (unpaired) electrons. The molecule has 50 valence electrons. The fourth-order valence-corrected chi connectivity index (χ4v) is 0.461. The monoisotopic (exact) mass is 130 g/mol. The molecule has 1 rings (SSSR count). The van der Waals surface area contributed by atoms with E-state index in [1.807, 2.05) is 0 Å². The molecule has 1 heterocycles. The van der Waals surface area contributed by atoms with E-state index in [2.05, 4.69) is 8.83 Å². The van der Waals surface area contributed by atoms with Gasteiger partial charge in [-0.1, -0.05) is 0 Å². The quantitative estimate of drug-likeness (QED) is 0.522. The largest absolute Gasteiger partial charge is 0.520 e. The summed E-state index contributed by atoms with van der Waals surface area (Å²) in [6.07, 6.45) is 0. The zero-order chi connectivity index (χ0) is 6.85. The SMILES string of the molecule is NCc1oc(=O)oc1N. The predicted molar refractivity (Wildman–Crippen MR) is 29.5 cm³/mol. The van der Waals surface area contributed by atoms with Gasteiger partial charge in [0.1, 0.15) is 0 Å². The van der Waals surface area contributed by atoms with E-state index in [9.17, 15) is 4.79 Å². The molecule has 0 aliphatic heterocycles. The third kappa shape index (κ3) is 0.945. The Labute approximate surface area is 50.2 Å². The summed E-state index contributed by atoms with van der Waals surface area (Å²) in [5.41, 5.74) is 10.2. The smallest absolute Gasteiger partial charge is 0.392 e. The molecule has 0 atom stereocenters. The van der Waals surface area contributed by atoms with Crippen molar-refractivity contribution >= 4 is 5.88 Å². The summed E-state index contributed by atoms with van der Waals surface area (Å²) in [5, 5.41) is 0. The molecule has 0 saturated carbocycles. The van der Waals surface area contributed by atoms with E-state index >= 15 is 0 Å². The molecule has 9 heavy (non-hydrogen) atoms. The fourth-order valence-electron chi connectivity index (χ4n) is 0.461. The van der Waals surface area contributed by atoms with Gasteiger partial charge in [0.25, 0.3) is 0 Å². The van der Waals surface area contributed by atoms with E-state index in [1.165, 1.54) is 0 Å². The van der Waals surface area contributed by atoms with Crippen molar-refractivity contribution < 1.29 is 8.83 Å². The van der Waals surface area contributed by atoms with E-state index < -0.39 is 5.82 Å². The van der Waals surface area contributed by atoms with Gasteiger partial charge in [-0.2, -0.15) is 0 Å². The Morgan fingerprint density at radius 1 is 1.44 bits per heavy atom. The number of nitrogen functional groups attached to an aromatic ring is 1. The molecule has 5 heteroatoms. The van der Waals surface area contributed by atoms with Gasteiger partial charge in [0.15, 0.2) is 5.76 Å². The van der Waals surface area contributed by atoms with Gasteiger partial charge in [0.05, 0.1) is 6.54 Å². The predicted octanol–water partition coefficient (Wildman–Crippen LogP) is -0.726. The molecule has 1 aromatic heterocycles. The van der Waals surface area contributed by atoms with Gasteiger partial charge >= 0.3 is 5.82 Å². The van der Waals surface area contributed by atoms with Crippen LogP contribution in [0.15, 0.2) is 13.6 Å². The first-order valence-corrected chi connectivity index (χ1v) is 2.32. The van der Waals surface area contributed by atoms with E-state index in [4.69, 9.17) is 11.5 Å². The Kier molecular flexibility index (Phi) is 1.27. The van der Waals surface area contributed by atoms with E-state index in [-0.39, 0.29) is 18.2 Å². The zero-order valence-corrected chi connectivity index (χ0v) is 4.59. The van der Waals surface area contributed by atoms with Crippen LogP contribution >= 0.6 is 0 Å². The van der Waals surface area contributed by atoms with Crippen LogP contribution in [0, 0.1) is 0 Å². The first-order valence-electron chi connectivity index (χ1n) is 2.32. The van der Waals surface area contributed by atoms with Gasteiger partial charge in [-0.3, -0.25) is 0 Å². The first-order chi connectivity index (χ1) is 4.24. The van der Waals surface area contributed by atoms with Crippen LogP contribution in [0.3, 0.4) is 0 Å². The summed E-state index contributed by atoms with van der Waals surface area (Å²) in [4.78, 5) is 10.2. The van der Waals surface area contributed by atoms with E-state index in [1.54, 1.807) is 0 Å². The molecule has 0 unspecified atom stereocenters. The topological polar surface area (TPSA) is 95.4 Å². The van der Waals surface area contributed by atoms with Gasteiger partial charge < -0.3 is 20.3 Å². The molecular formula is C4H6N2O3. The summed E-state index contributed by atoms with van der Waals surface area (Å²) in [6, 6.07) is 0. The maximum atomic E-state index is 10.2. The van der Waals surface area contributed by atoms with Crippen LogP contribution in [0.2, 0.25) is 0 Å². The third-order valence-electron chi connectivity index (χ3n) is 0.860. The van der Waals surface area contributed by atoms with Crippen LogP contribution in [0.4, 0.5) is 5.88 Å². The molecule has 0 fully saturated rings. The molecular weight excluding hydrogens is 124 g/mol. The summed E-state index contributed by atoms with van der Waals surface area (Å²) >= 11 is 0. The van der Waals surface area contributed by atoms with Crippen LogP contribution in [0.25, 0.3) is 0 Å². The number of hydrogen-bond donors (Lipinski definition) is 2. The van der Waals surface area contributed by atoms with Crippen molar-refractivity contribution in [2.75, 3.05) is 5.73 Å². The standard InChI is InChI=1S/C4H6N2O3/c5-1-2-3(6)9-4(7)8-2/h1,5-6H2. The fraction of sp³-hybridized carbons (Fsp3) is 0.250. The molecule has 1 aromatic rings. The maximum absolute atomic E-state index is 10.2. The van der Waals surface area contributed by atoms with Crippen LogP contribution < -0.4 is 17.3 Å². The summed E-state index contributed by atoms with van der Waals surface area (Å²) in [6.45, 7) is 0.0809. The summed E-state index contributed by atoms with van der Waals surface area (Å²) < 4.78 is 8.67. The average Bonchev–Trinajstić information content (AvgIpc) is 2.10. The Balaban J connectivity index is 3.16. The summed E-state index contributed by atoms with van der Waals surface area (Å²) in [7, 11) is 0. The number of nitrogens with two attached hydrogens (primary N) is 2. The highest BCUT2D eigenvalue weighted by molar-refractivity contribution is 5.26. The minimum Gasteiger partial charge on any atom is -0.392 e. The van der Waals surface area contributed by atoms with E-state index in [0.717, 1.165) is 0 Å². The summed E-state index contributed by atoms with van der Waals surface area (Å²) in [5.74, 6) is -0.657. The third-order valence-corrected chi connectivity index (χ3v) is 0.860. The highest BCUT2D eigenvalue weighted by Crippen LogP contribution is 2.05. The van der Waals surface area contributed by atoms with Gasteiger partial charge in [0.2, 0.25) is 5.88 Å². The number of rotatable bonds is 1. The highest BCUT2D eigenvalue weighted by Gasteiger charge is 2.04. The lowest BCUT2D eigenvalue weighted by Gasteiger charge is -1.83. The van der Waals surface area contributed by atoms with Crippen molar-refractivity contribution in [3.63, 3.8) is 0 Å². The van der Waals surface area contributed by atoms with Crippen molar-refractivity contribution in [2.24, 2.45) is 5.73 Å². The van der Waals surface area contributed by atoms with Crippen molar-refractivity contribution in [3.05, 3.63) is 16.4 Å². The molecule has 0 aliphatic rings. The van der Waals surface area contributed by atoms with Gasteiger partial charge in [-0.05, 0) is 0 Å². The van der Waals surface area contributed by atoms with Crippen molar-refractivity contribution in [1.82, 2.24) is 0 Å². The van der Waals surface area contributed by atoms with Crippen molar-refractivity contribution in [3.8, 4) is 0 Å². The Morgan fingerprint density at radius 3 is 2.33 bits per heavy atom. The lowest BCUT2D eigenvalue weighted by Crippen LogP contribution is -1.97. The second kappa shape index (κ2) is 1.94. The van der Waals surface area contributed by atoms with Gasteiger partial charge in [-0.15, -0.1) is 0 Å². The van der Waals surface area contributed by atoms with Gasteiger partial charge in [0, 0.05) is 0 Å². The number of anilines is 1. The van der Waals surface area contributed by atoms with Crippen LogP contribution in [0.5, 0.6) is 0 Å². The Hall–Kier alpha value is -1.23. The number of hydrogen-bond acceptors (Lipinski definition) is 5. The normalized spacial score (nSPS) is 9.89. The molecule has 4 N–H and O–H groups in total. The Morgan fingerprint density at radius 2 is 2.11 bits per heavy atom. The second-order valence-corrected chi connectivity index (χ2v) is 1.45. The molecule has 0 saturated heterocycles. The maximum Gasteiger partial charge on any atom is 0.520 e. The minimum atomic E-state index is -0.812. The molecule has 0 aromatic carbocycles. The Bertz CT molecular complexity index is 249. The molecule has 0 bridgehead atoms. The van der Waals surface area contributed by atoms with Crippen molar-refractivity contribution in [2.45, 2.75) is 6.54 Å². The lowest BCUT2D eigenvalue weighted by atomic mass is 10.5. The average molecular weight is 130 g/mol. The van der Waals surface area contributed by atoms with E-state index in [0.29, 0.717) is 0 Å². The van der Waals surface area contributed by atoms with Gasteiger partial charge in [-0.25, -0.2) is 4.79 Å². The van der Waals surface area contributed by atoms with Crippen LogP contribution in [0.1, 0.15) is 5.76 Å². The molecule has 5 nitrogen and oxygen atoms in total. The minimum absolute atomic E-state index is 0.0394. The molecule has 0 aliphatic carbocycles. The van der Waals surface area contributed by atoms with Crippen LogP contribution in [-0.2, 0) is 6.54 Å². The lowest BCUT2D eigenvalue weighted by molar-refractivity contribution is 0.377.